The van der Waals surface area contributed by atoms with E-state index in [4.69, 9.17) is 24.5 Å². The zero-order valence-electron chi connectivity index (χ0n) is 24.2. The van der Waals surface area contributed by atoms with E-state index in [2.05, 4.69) is 15.6 Å². The number of aromatic nitrogens is 4. The summed E-state index contributed by atoms with van der Waals surface area (Å²) in [5.74, 6) is 1.73. The van der Waals surface area contributed by atoms with Gasteiger partial charge in [-0.3, -0.25) is 5.32 Å². The maximum atomic E-state index is 12.2. The molecule has 2 aromatic heterocycles. The summed E-state index contributed by atoms with van der Waals surface area (Å²) in [4.78, 5) is 28.3. The number of aryl methyl sites for hydroxylation is 2. The van der Waals surface area contributed by atoms with Gasteiger partial charge >= 0.3 is 6.09 Å². The van der Waals surface area contributed by atoms with Gasteiger partial charge in [0.15, 0.2) is 5.82 Å². The molecule has 1 amide bonds. The lowest BCUT2D eigenvalue weighted by Crippen LogP contribution is -2.27. The maximum Gasteiger partial charge on any atom is 0.412 e. The summed E-state index contributed by atoms with van der Waals surface area (Å²) < 4.78 is 12.4. The highest BCUT2D eigenvalue weighted by atomic mass is 16.6. The van der Waals surface area contributed by atoms with E-state index in [-0.39, 0.29) is 0 Å². The lowest BCUT2D eigenvalue weighted by atomic mass is 10.1. The van der Waals surface area contributed by atoms with Crippen LogP contribution in [-0.2, 0) is 11.3 Å². The Morgan fingerprint density at radius 2 is 1.82 bits per heavy atom. The summed E-state index contributed by atoms with van der Waals surface area (Å²) >= 11 is 0. The molecule has 11 nitrogen and oxygen atoms in total. The van der Waals surface area contributed by atoms with Crippen molar-refractivity contribution in [2.24, 2.45) is 4.99 Å². The number of hydrogen-bond donors (Lipinski definition) is 2. The fraction of sp³-hybridized carbons (Fsp3) is 0.345. The summed E-state index contributed by atoms with van der Waals surface area (Å²) in [6, 6.07) is 13.4. The minimum absolute atomic E-state index is 0.450. The molecule has 0 bridgehead atoms. The molecule has 0 spiro atoms. The van der Waals surface area contributed by atoms with E-state index in [1.807, 2.05) is 96.1 Å². The first-order chi connectivity index (χ1) is 18.9. The molecule has 0 aliphatic carbocycles. The number of anilines is 2. The number of amides is 1. The molecule has 4 rings (SSSR count). The van der Waals surface area contributed by atoms with Gasteiger partial charge in [0, 0.05) is 26.3 Å². The maximum absolute atomic E-state index is 12.2. The van der Waals surface area contributed by atoms with Crippen LogP contribution in [0.4, 0.5) is 22.2 Å². The van der Waals surface area contributed by atoms with E-state index in [0.29, 0.717) is 35.0 Å². The van der Waals surface area contributed by atoms with E-state index >= 15 is 0 Å². The third-order valence-corrected chi connectivity index (χ3v) is 5.76. The molecule has 0 radical (unpaired) electrons. The van der Waals surface area contributed by atoms with Gasteiger partial charge in [0.1, 0.15) is 22.4 Å². The fourth-order valence-electron chi connectivity index (χ4n) is 3.97. The first kappa shape index (κ1) is 28.3. The summed E-state index contributed by atoms with van der Waals surface area (Å²) in [5, 5.41) is 10.9. The predicted molar refractivity (Wildman–Crippen MR) is 158 cm³/mol. The molecule has 0 atom stereocenters. The molecule has 2 N–H and O–H groups in total. The van der Waals surface area contributed by atoms with Crippen LogP contribution in [0.25, 0.3) is 16.7 Å². The van der Waals surface area contributed by atoms with Gasteiger partial charge in [0.25, 0.3) is 0 Å². The highest BCUT2D eigenvalue weighted by Gasteiger charge is 2.20. The van der Waals surface area contributed by atoms with Crippen LogP contribution in [0, 0.1) is 13.8 Å². The predicted octanol–water partition coefficient (Wildman–Crippen LogP) is 5.62. The molecule has 2 aromatic carbocycles. The number of benzene rings is 2. The standard InChI is InChI=1S/C29H36N8O3/c1-18-15-21(32-28(38)40-29(3,4)5)11-14-23(18)37-25-24(19(2)35-37)33-27(34-26(25)31-17-36(6)7)30-16-20-9-12-22(39-8)13-10-20/h9-15,17H,16H2,1-8H3,(H,32,38)(H,30,33,34)/b31-17+. The van der Waals surface area contributed by atoms with Crippen LogP contribution in [-0.4, -0.2) is 63.9 Å². The summed E-state index contributed by atoms with van der Waals surface area (Å²) in [6.07, 6.45) is 1.19. The third kappa shape index (κ3) is 6.85. The number of methoxy groups -OCH3 is 1. The number of carbonyl (C=O) groups is 1. The van der Waals surface area contributed by atoms with Crippen molar-refractivity contribution in [3.05, 3.63) is 59.3 Å². The van der Waals surface area contributed by atoms with Gasteiger partial charge in [-0.05, 0) is 76.1 Å². The van der Waals surface area contributed by atoms with E-state index in [1.54, 1.807) is 18.1 Å². The van der Waals surface area contributed by atoms with Crippen molar-refractivity contribution >= 4 is 40.9 Å². The third-order valence-electron chi connectivity index (χ3n) is 5.76. The van der Waals surface area contributed by atoms with Gasteiger partial charge < -0.3 is 19.7 Å². The van der Waals surface area contributed by atoms with Crippen molar-refractivity contribution in [1.29, 1.82) is 0 Å². The number of carbonyl (C=O) groups excluding carboxylic acids is 1. The van der Waals surface area contributed by atoms with Gasteiger partial charge in [-0.2, -0.15) is 10.1 Å². The van der Waals surface area contributed by atoms with Crippen molar-refractivity contribution < 1.29 is 14.3 Å². The highest BCUT2D eigenvalue weighted by Crippen LogP contribution is 2.31. The summed E-state index contributed by atoms with van der Waals surface area (Å²) in [7, 11) is 5.44. The largest absolute Gasteiger partial charge is 0.497 e. The van der Waals surface area contributed by atoms with Gasteiger partial charge in [-0.1, -0.05) is 12.1 Å². The summed E-state index contributed by atoms with van der Waals surface area (Å²) in [6.45, 7) is 9.86. The van der Waals surface area contributed by atoms with E-state index in [1.165, 1.54) is 0 Å². The number of fused-ring (bicyclic) bond motifs is 1. The van der Waals surface area contributed by atoms with Crippen molar-refractivity contribution in [2.75, 3.05) is 31.8 Å². The first-order valence-corrected chi connectivity index (χ1v) is 12.9. The molecular weight excluding hydrogens is 508 g/mol. The van der Waals surface area contributed by atoms with Crippen molar-refractivity contribution in [1.82, 2.24) is 24.6 Å². The fourth-order valence-corrected chi connectivity index (χ4v) is 3.97. The second-order valence-corrected chi connectivity index (χ2v) is 10.6. The Morgan fingerprint density at radius 1 is 1.10 bits per heavy atom. The van der Waals surface area contributed by atoms with E-state index < -0.39 is 11.7 Å². The Bertz CT molecular complexity index is 1540. The number of hydrogen-bond acceptors (Lipinski definition) is 8. The van der Waals surface area contributed by atoms with E-state index in [0.717, 1.165) is 28.3 Å². The lowest BCUT2D eigenvalue weighted by Gasteiger charge is -2.20. The quantitative estimate of drug-likeness (QED) is 0.217. The summed E-state index contributed by atoms with van der Waals surface area (Å²) in [5.41, 5.74) is 4.91. The molecule has 0 unspecified atom stereocenters. The molecule has 0 fully saturated rings. The van der Waals surface area contributed by atoms with Gasteiger partial charge in [0.2, 0.25) is 5.95 Å². The normalized spacial score (nSPS) is 11.6. The Hall–Kier alpha value is -4.67. The Labute approximate surface area is 234 Å². The number of rotatable bonds is 8. The lowest BCUT2D eigenvalue weighted by molar-refractivity contribution is 0.0636. The monoisotopic (exact) mass is 544 g/mol. The molecule has 0 saturated carbocycles. The Balaban J connectivity index is 1.70. The van der Waals surface area contributed by atoms with E-state index in [9.17, 15) is 4.79 Å². The average molecular weight is 545 g/mol. The van der Waals surface area contributed by atoms with Crippen molar-refractivity contribution in [3.8, 4) is 11.4 Å². The zero-order chi connectivity index (χ0) is 29.0. The van der Waals surface area contributed by atoms with Crippen LogP contribution in [0.1, 0.15) is 37.6 Å². The molecule has 210 valence electrons. The van der Waals surface area contributed by atoms with Crippen LogP contribution < -0.4 is 15.4 Å². The first-order valence-electron chi connectivity index (χ1n) is 12.9. The number of nitrogens with zero attached hydrogens (tertiary/aromatic N) is 6. The second-order valence-electron chi connectivity index (χ2n) is 10.6. The van der Waals surface area contributed by atoms with Crippen LogP contribution in [0.3, 0.4) is 0 Å². The molecule has 0 aliphatic rings. The highest BCUT2D eigenvalue weighted by molar-refractivity contribution is 5.90. The molecule has 0 saturated heterocycles. The molecule has 40 heavy (non-hydrogen) atoms. The minimum atomic E-state index is -0.587. The Kier molecular flexibility index (Phi) is 8.22. The van der Waals surface area contributed by atoms with Gasteiger partial charge in [-0.25, -0.2) is 19.5 Å². The van der Waals surface area contributed by atoms with Gasteiger partial charge in [-0.15, -0.1) is 0 Å². The van der Waals surface area contributed by atoms with Gasteiger partial charge in [0.05, 0.1) is 24.8 Å². The molecular formula is C29H36N8O3. The number of ether oxygens (including phenoxy) is 2. The van der Waals surface area contributed by atoms with Crippen LogP contribution in [0.2, 0.25) is 0 Å². The SMILES string of the molecule is COc1ccc(CNc2nc(/N=C/N(C)C)c3c(n2)c(C)nn3-c2ccc(NC(=O)OC(C)(C)C)cc2C)cc1. The van der Waals surface area contributed by atoms with Crippen molar-refractivity contribution in [3.63, 3.8) is 0 Å². The van der Waals surface area contributed by atoms with Crippen LogP contribution in [0.15, 0.2) is 47.5 Å². The smallest absolute Gasteiger partial charge is 0.412 e. The van der Waals surface area contributed by atoms with Crippen LogP contribution >= 0.6 is 0 Å². The minimum Gasteiger partial charge on any atom is -0.497 e. The molecule has 0 aliphatic heterocycles. The molecule has 11 heteroatoms. The number of aliphatic imine (C=N–C) groups is 1. The average Bonchev–Trinajstić information content (AvgIpc) is 3.21. The zero-order valence-corrected chi connectivity index (χ0v) is 24.2. The molecule has 2 heterocycles. The second kappa shape index (κ2) is 11.6. The van der Waals surface area contributed by atoms with Crippen LogP contribution in [0.5, 0.6) is 5.75 Å². The topological polar surface area (TPSA) is 119 Å². The number of nitrogens with one attached hydrogen (secondary N) is 2. The molecule has 4 aromatic rings. The van der Waals surface area contributed by atoms with Crippen molar-refractivity contribution in [2.45, 2.75) is 46.8 Å². The Morgan fingerprint density at radius 3 is 2.45 bits per heavy atom.